The van der Waals surface area contributed by atoms with Crippen LogP contribution in [0.2, 0.25) is 5.02 Å². The highest BCUT2D eigenvalue weighted by Gasteiger charge is 2.09. The van der Waals surface area contributed by atoms with Crippen molar-refractivity contribution in [2.45, 2.75) is 13.5 Å². The highest BCUT2D eigenvalue weighted by molar-refractivity contribution is 7.00. The van der Waals surface area contributed by atoms with Crippen LogP contribution in [0.25, 0.3) is 11.0 Å². The zero-order valence-electron chi connectivity index (χ0n) is 10.3. The molecule has 0 saturated heterocycles. The van der Waals surface area contributed by atoms with E-state index in [1.807, 2.05) is 25.3 Å². The van der Waals surface area contributed by atoms with Crippen LogP contribution in [0.4, 0.5) is 5.69 Å². The van der Waals surface area contributed by atoms with E-state index in [0.29, 0.717) is 5.02 Å². The number of hydrogen-bond acceptors (Lipinski definition) is 5. The molecule has 1 N–H and O–H groups in total. The van der Waals surface area contributed by atoms with Gasteiger partial charge in [0.1, 0.15) is 16.9 Å². The summed E-state index contributed by atoms with van der Waals surface area (Å²) in [4.78, 5) is 4.19. The quantitative estimate of drug-likeness (QED) is 0.803. The second-order valence-corrected chi connectivity index (χ2v) is 5.08. The number of fused-ring (bicyclic) bond motifs is 1. The van der Waals surface area contributed by atoms with Crippen LogP contribution < -0.4 is 5.32 Å². The number of halogens is 1. The Morgan fingerprint density at radius 2 is 2.26 bits per heavy atom. The van der Waals surface area contributed by atoms with Gasteiger partial charge in [-0.05, 0) is 19.1 Å². The molecule has 0 unspecified atom stereocenters. The normalized spacial score (nSPS) is 11.1. The molecule has 7 heteroatoms. The molecular weight excluding hydrogens is 282 g/mol. The Morgan fingerprint density at radius 1 is 1.37 bits per heavy atom. The van der Waals surface area contributed by atoms with Crippen molar-refractivity contribution in [1.29, 1.82) is 0 Å². The Kier molecular flexibility index (Phi) is 3.35. The molecule has 2 aromatic heterocycles. The fraction of sp³-hybridized carbons (Fsp3) is 0.250. The number of anilines is 1. The van der Waals surface area contributed by atoms with Crippen molar-refractivity contribution in [1.82, 2.24) is 18.3 Å². The van der Waals surface area contributed by atoms with Crippen LogP contribution in [0.1, 0.15) is 5.82 Å². The summed E-state index contributed by atoms with van der Waals surface area (Å²) in [6.07, 6.45) is 3.76. The molecular formula is C12H12ClN5S. The van der Waals surface area contributed by atoms with Gasteiger partial charge in [-0.3, -0.25) is 0 Å². The standard InChI is InChI=1S/C12H12ClN5S/c1-8-14-4-6-18(8)7-5-15-11-9(13)2-3-10-12(11)17-19-16-10/h2-4,6,15H,5,7H2,1H3. The average Bonchev–Trinajstić information content (AvgIpc) is 3.01. The largest absolute Gasteiger partial charge is 0.380 e. The molecule has 0 fully saturated rings. The van der Waals surface area contributed by atoms with Gasteiger partial charge in [0.2, 0.25) is 0 Å². The first-order valence-corrected chi connectivity index (χ1v) is 6.99. The molecule has 0 atom stereocenters. The minimum Gasteiger partial charge on any atom is -0.380 e. The number of imidazole rings is 1. The summed E-state index contributed by atoms with van der Waals surface area (Å²) in [5, 5.41) is 4.00. The maximum Gasteiger partial charge on any atom is 0.129 e. The second kappa shape index (κ2) is 5.14. The van der Waals surface area contributed by atoms with Gasteiger partial charge in [-0.15, -0.1) is 0 Å². The van der Waals surface area contributed by atoms with Crippen LogP contribution in [-0.4, -0.2) is 24.8 Å². The van der Waals surface area contributed by atoms with Crippen LogP contribution in [0.3, 0.4) is 0 Å². The van der Waals surface area contributed by atoms with Crippen molar-refractivity contribution in [3.63, 3.8) is 0 Å². The summed E-state index contributed by atoms with van der Waals surface area (Å²) in [6.45, 7) is 3.57. The lowest BCUT2D eigenvalue weighted by Gasteiger charge is -2.10. The van der Waals surface area contributed by atoms with E-state index in [1.54, 1.807) is 6.20 Å². The van der Waals surface area contributed by atoms with Gasteiger partial charge >= 0.3 is 0 Å². The minimum atomic E-state index is 0.669. The van der Waals surface area contributed by atoms with Crippen LogP contribution in [0.15, 0.2) is 24.5 Å². The van der Waals surface area contributed by atoms with E-state index in [2.05, 4.69) is 23.6 Å². The van der Waals surface area contributed by atoms with Gasteiger partial charge in [0.15, 0.2) is 0 Å². The van der Waals surface area contributed by atoms with Crippen LogP contribution in [-0.2, 0) is 6.54 Å². The molecule has 0 aliphatic rings. The van der Waals surface area contributed by atoms with E-state index in [1.165, 1.54) is 11.7 Å². The summed E-state index contributed by atoms with van der Waals surface area (Å²) < 4.78 is 10.6. The SMILES string of the molecule is Cc1nccn1CCNc1c(Cl)ccc2nsnc12. The van der Waals surface area contributed by atoms with Crippen molar-refractivity contribution >= 4 is 40.0 Å². The Hall–Kier alpha value is -1.66. The first kappa shape index (κ1) is 12.4. The molecule has 2 heterocycles. The average molecular weight is 294 g/mol. The van der Waals surface area contributed by atoms with Gasteiger partial charge in [0, 0.05) is 25.5 Å². The van der Waals surface area contributed by atoms with E-state index < -0.39 is 0 Å². The number of hydrogen-bond donors (Lipinski definition) is 1. The molecule has 0 saturated carbocycles. The van der Waals surface area contributed by atoms with Crippen LogP contribution in [0.5, 0.6) is 0 Å². The molecule has 0 aliphatic heterocycles. The number of benzene rings is 1. The van der Waals surface area contributed by atoms with Crippen molar-refractivity contribution in [2.24, 2.45) is 0 Å². The molecule has 0 amide bonds. The summed E-state index contributed by atoms with van der Waals surface area (Å²) in [6, 6.07) is 3.72. The lowest BCUT2D eigenvalue weighted by Crippen LogP contribution is -2.11. The maximum atomic E-state index is 6.21. The molecule has 0 aliphatic carbocycles. The lowest BCUT2D eigenvalue weighted by atomic mass is 10.2. The van der Waals surface area contributed by atoms with Crippen molar-refractivity contribution < 1.29 is 0 Å². The molecule has 98 valence electrons. The van der Waals surface area contributed by atoms with Gasteiger partial charge in [-0.2, -0.15) is 8.75 Å². The van der Waals surface area contributed by atoms with Gasteiger partial charge in [-0.25, -0.2) is 4.98 Å². The first-order chi connectivity index (χ1) is 9.25. The summed E-state index contributed by atoms with van der Waals surface area (Å²) in [7, 11) is 0. The summed E-state index contributed by atoms with van der Waals surface area (Å²) in [5.74, 6) is 1.00. The predicted molar refractivity (Wildman–Crippen MR) is 77.9 cm³/mol. The zero-order chi connectivity index (χ0) is 13.2. The Balaban J connectivity index is 1.76. The minimum absolute atomic E-state index is 0.669. The van der Waals surface area contributed by atoms with Crippen LogP contribution in [0, 0.1) is 6.92 Å². The van der Waals surface area contributed by atoms with Crippen molar-refractivity contribution in [3.05, 3.63) is 35.4 Å². The molecule has 19 heavy (non-hydrogen) atoms. The fourth-order valence-electron chi connectivity index (χ4n) is 1.94. The van der Waals surface area contributed by atoms with E-state index in [0.717, 1.165) is 35.6 Å². The van der Waals surface area contributed by atoms with Gasteiger partial charge in [-0.1, -0.05) is 11.6 Å². The number of rotatable bonds is 4. The third kappa shape index (κ3) is 2.41. The van der Waals surface area contributed by atoms with Crippen molar-refractivity contribution in [2.75, 3.05) is 11.9 Å². The highest BCUT2D eigenvalue weighted by atomic mass is 35.5. The van der Waals surface area contributed by atoms with Gasteiger partial charge in [0.25, 0.3) is 0 Å². The van der Waals surface area contributed by atoms with Gasteiger partial charge < -0.3 is 9.88 Å². The van der Waals surface area contributed by atoms with Crippen molar-refractivity contribution in [3.8, 4) is 0 Å². The third-order valence-electron chi connectivity index (χ3n) is 2.96. The number of aromatic nitrogens is 4. The smallest absolute Gasteiger partial charge is 0.129 e. The van der Waals surface area contributed by atoms with E-state index >= 15 is 0 Å². The monoisotopic (exact) mass is 293 g/mol. The molecule has 0 radical (unpaired) electrons. The summed E-state index contributed by atoms with van der Waals surface area (Å²) >= 11 is 7.40. The van der Waals surface area contributed by atoms with Crippen LogP contribution >= 0.6 is 23.3 Å². The molecule has 0 spiro atoms. The van der Waals surface area contributed by atoms with E-state index in [4.69, 9.17) is 11.6 Å². The fourth-order valence-corrected chi connectivity index (χ4v) is 2.70. The highest BCUT2D eigenvalue weighted by Crippen LogP contribution is 2.29. The topological polar surface area (TPSA) is 55.6 Å². The third-order valence-corrected chi connectivity index (χ3v) is 3.81. The van der Waals surface area contributed by atoms with E-state index in [-0.39, 0.29) is 0 Å². The summed E-state index contributed by atoms with van der Waals surface area (Å²) in [5.41, 5.74) is 2.56. The Labute approximate surface area is 119 Å². The predicted octanol–water partition coefficient (Wildman–Crippen LogP) is 2.96. The zero-order valence-corrected chi connectivity index (χ0v) is 11.9. The molecule has 1 aromatic carbocycles. The Morgan fingerprint density at radius 3 is 3.05 bits per heavy atom. The molecule has 5 nitrogen and oxygen atoms in total. The Bertz CT molecular complexity index is 705. The maximum absolute atomic E-state index is 6.21. The number of aryl methyl sites for hydroxylation is 1. The first-order valence-electron chi connectivity index (χ1n) is 5.88. The molecule has 3 aromatic rings. The second-order valence-electron chi connectivity index (χ2n) is 4.15. The van der Waals surface area contributed by atoms with Gasteiger partial charge in [0.05, 0.1) is 22.4 Å². The molecule has 3 rings (SSSR count). The lowest BCUT2D eigenvalue weighted by molar-refractivity contribution is 0.701. The van der Waals surface area contributed by atoms with E-state index in [9.17, 15) is 0 Å². The number of nitrogens with zero attached hydrogens (tertiary/aromatic N) is 4. The molecule has 0 bridgehead atoms. The number of nitrogens with one attached hydrogen (secondary N) is 1.